The molecule has 2 aromatic rings. The number of benzene rings is 2. The van der Waals surface area contributed by atoms with Gasteiger partial charge in [0.1, 0.15) is 6.61 Å². The van der Waals surface area contributed by atoms with Gasteiger partial charge in [0.25, 0.3) is 11.8 Å². The molecule has 8 heteroatoms. The van der Waals surface area contributed by atoms with Gasteiger partial charge in [0.05, 0.1) is 30.2 Å². The molecule has 2 fully saturated rings. The predicted octanol–water partition coefficient (Wildman–Crippen LogP) is 4.72. The van der Waals surface area contributed by atoms with Crippen molar-refractivity contribution in [3.8, 4) is 11.5 Å². The molecule has 1 saturated carbocycles. The molecule has 2 amide bonds. The van der Waals surface area contributed by atoms with Crippen molar-refractivity contribution in [2.24, 2.45) is 28.8 Å². The third-order valence-electron chi connectivity index (χ3n) is 6.32. The van der Waals surface area contributed by atoms with E-state index in [4.69, 9.17) is 32.7 Å². The molecule has 0 unspecified atom stereocenters. The summed E-state index contributed by atoms with van der Waals surface area (Å²) in [5.41, 5.74) is 1.52. The third kappa shape index (κ3) is 3.57. The molecule has 0 aromatic heterocycles. The van der Waals surface area contributed by atoms with E-state index in [1.165, 1.54) is 13.3 Å². The molecule has 0 radical (unpaired) electrons. The van der Waals surface area contributed by atoms with Crippen LogP contribution in [0.1, 0.15) is 17.5 Å². The molecule has 0 spiro atoms. The van der Waals surface area contributed by atoms with E-state index in [0.29, 0.717) is 27.1 Å². The van der Waals surface area contributed by atoms with Crippen LogP contribution in [0, 0.1) is 23.7 Å². The maximum atomic E-state index is 12.8. The lowest BCUT2D eigenvalue weighted by Gasteiger charge is -2.14. The largest absolute Gasteiger partial charge is 0.493 e. The number of nitrogens with zero attached hydrogens (tertiary/aromatic N) is 2. The lowest BCUT2D eigenvalue weighted by Crippen LogP contribution is -2.28. The summed E-state index contributed by atoms with van der Waals surface area (Å²) in [6.45, 7) is 0.288. The lowest BCUT2D eigenvalue weighted by molar-refractivity contribution is -0.140. The highest BCUT2D eigenvalue weighted by atomic mass is 35.5. The summed E-state index contributed by atoms with van der Waals surface area (Å²) >= 11 is 12.4. The third-order valence-corrected chi connectivity index (χ3v) is 6.85. The number of fused-ring (bicyclic) bond motifs is 5. The first kappa shape index (κ1) is 21.0. The van der Waals surface area contributed by atoms with Crippen molar-refractivity contribution in [1.82, 2.24) is 5.01 Å². The smallest absolute Gasteiger partial charge is 0.254 e. The number of halogens is 2. The van der Waals surface area contributed by atoms with Crippen molar-refractivity contribution in [3.05, 3.63) is 69.7 Å². The molecule has 2 bridgehead atoms. The van der Waals surface area contributed by atoms with Crippen LogP contribution in [0.25, 0.3) is 0 Å². The van der Waals surface area contributed by atoms with Gasteiger partial charge in [-0.25, -0.2) is 0 Å². The Morgan fingerprint density at radius 1 is 1.06 bits per heavy atom. The van der Waals surface area contributed by atoms with Gasteiger partial charge in [-0.05, 0) is 53.6 Å². The van der Waals surface area contributed by atoms with Crippen molar-refractivity contribution in [1.29, 1.82) is 0 Å². The van der Waals surface area contributed by atoms with Gasteiger partial charge < -0.3 is 9.47 Å². The predicted molar refractivity (Wildman–Crippen MR) is 121 cm³/mol. The van der Waals surface area contributed by atoms with Gasteiger partial charge in [-0.2, -0.15) is 10.1 Å². The maximum absolute atomic E-state index is 12.8. The van der Waals surface area contributed by atoms with Crippen molar-refractivity contribution < 1.29 is 19.1 Å². The molecule has 2 aliphatic carbocycles. The summed E-state index contributed by atoms with van der Waals surface area (Å²) in [6.07, 6.45) is 6.44. The van der Waals surface area contributed by atoms with Crippen LogP contribution < -0.4 is 9.47 Å². The van der Waals surface area contributed by atoms with Gasteiger partial charge in [-0.1, -0.05) is 47.5 Å². The van der Waals surface area contributed by atoms with Crippen LogP contribution in [0.4, 0.5) is 0 Å². The standard InChI is InChI=1S/C24H20Cl2N2O4/c1-31-19-9-14(8-18(26)22(19)32-12-13-2-6-17(25)7-3-13)11-27-28-23(29)20-15-4-5-16(10-15)21(20)24(28)30/h2-9,11,15-16,20-21H,10,12H2,1H3/b27-11-/t15-,16-,20-,21-/m0/s1. The average Bonchev–Trinajstić information content (AvgIpc) is 3.46. The molecule has 4 atom stereocenters. The van der Waals surface area contributed by atoms with Crippen LogP contribution >= 0.6 is 23.2 Å². The van der Waals surface area contributed by atoms with E-state index >= 15 is 0 Å². The Bertz CT molecular complexity index is 1120. The van der Waals surface area contributed by atoms with Gasteiger partial charge >= 0.3 is 0 Å². The van der Waals surface area contributed by atoms with Crippen LogP contribution in [0.15, 0.2) is 53.7 Å². The second-order valence-electron chi connectivity index (χ2n) is 8.18. The Hall–Kier alpha value is -2.83. The molecule has 1 saturated heterocycles. The maximum Gasteiger partial charge on any atom is 0.254 e. The highest BCUT2D eigenvalue weighted by Gasteiger charge is 2.59. The van der Waals surface area contributed by atoms with Gasteiger partial charge in [0.15, 0.2) is 11.5 Å². The number of methoxy groups -OCH3 is 1. The summed E-state index contributed by atoms with van der Waals surface area (Å²) < 4.78 is 11.3. The van der Waals surface area contributed by atoms with E-state index in [9.17, 15) is 9.59 Å². The van der Waals surface area contributed by atoms with Crippen LogP contribution in [0.2, 0.25) is 10.0 Å². The van der Waals surface area contributed by atoms with Crippen LogP contribution in [-0.4, -0.2) is 30.1 Å². The topological polar surface area (TPSA) is 68.2 Å². The number of hydrazone groups is 1. The van der Waals surface area contributed by atoms with Crippen molar-refractivity contribution in [3.63, 3.8) is 0 Å². The number of amides is 2. The summed E-state index contributed by atoms with van der Waals surface area (Å²) in [7, 11) is 1.51. The van der Waals surface area contributed by atoms with E-state index in [-0.39, 0.29) is 42.1 Å². The van der Waals surface area contributed by atoms with Gasteiger partial charge in [-0.15, -0.1) is 0 Å². The number of rotatable bonds is 6. The van der Waals surface area contributed by atoms with E-state index in [2.05, 4.69) is 17.3 Å². The van der Waals surface area contributed by atoms with Crippen molar-refractivity contribution >= 4 is 41.2 Å². The zero-order chi connectivity index (χ0) is 22.4. The minimum atomic E-state index is -0.281. The molecular formula is C24H20Cl2N2O4. The lowest BCUT2D eigenvalue weighted by atomic mass is 9.85. The second-order valence-corrected chi connectivity index (χ2v) is 9.03. The van der Waals surface area contributed by atoms with E-state index in [1.54, 1.807) is 24.3 Å². The van der Waals surface area contributed by atoms with Crippen molar-refractivity contribution in [2.45, 2.75) is 13.0 Å². The first-order valence-corrected chi connectivity index (χ1v) is 11.1. The fraction of sp³-hybridized carbons (Fsp3) is 0.292. The normalized spacial score (nSPS) is 25.8. The van der Waals surface area contributed by atoms with Crippen LogP contribution in [-0.2, 0) is 16.2 Å². The summed E-state index contributed by atoms with van der Waals surface area (Å²) in [4.78, 5) is 25.5. The van der Waals surface area contributed by atoms with E-state index in [0.717, 1.165) is 17.0 Å². The van der Waals surface area contributed by atoms with Gasteiger partial charge in [0, 0.05) is 5.02 Å². The Kier molecular flexibility index (Phi) is 5.43. The Labute approximate surface area is 195 Å². The van der Waals surface area contributed by atoms with Gasteiger partial charge in [-0.3, -0.25) is 9.59 Å². The van der Waals surface area contributed by atoms with Crippen LogP contribution in [0.3, 0.4) is 0 Å². The van der Waals surface area contributed by atoms with Crippen molar-refractivity contribution in [2.75, 3.05) is 7.11 Å². The molecule has 164 valence electrons. The van der Waals surface area contributed by atoms with Crippen LogP contribution in [0.5, 0.6) is 11.5 Å². The Morgan fingerprint density at radius 3 is 2.34 bits per heavy atom. The van der Waals surface area contributed by atoms with E-state index < -0.39 is 0 Å². The zero-order valence-electron chi connectivity index (χ0n) is 17.2. The molecule has 2 aromatic carbocycles. The molecule has 32 heavy (non-hydrogen) atoms. The second kappa shape index (κ2) is 8.26. The average molecular weight is 471 g/mol. The highest BCUT2D eigenvalue weighted by Crippen LogP contribution is 2.52. The monoisotopic (exact) mass is 470 g/mol. The van der Waals surface area contributed by atoms with E-state index in [1.807, 2.05) is 12.1 Å². The molecule has 5 rings (SSSR count). The first-order valence-electron chi connectivity index (χ1n) is 10.3. The number of hydrogen-bond acceptors (Lipinski definition) is 5. The minimum Gasteiger partial charge on any atom is -0.493 e. The number of imide groups is 1. The van der Waals surface area contributed by atoms with Gasteiger partial charge in [0.2, 0.25) is 0 Å². The summed E-state index contributed by atoms with van der Waals surface area (Å²) in [5.74, 6) is 0.0930. The first-order chi connectivity index (χ1) is 15.5. The zero-order valence-corrected chi connectivity index (χ0v) is 18.7. The molecule has 0 N–H and O–H groups in total. The molecule has 1 heterocycles. The minimum absolute atomic E-state index is 0.147. The molecule has 6 nitrogen and oxygen atoms in total. The number of ether oxygens (including phenoxy) is 2. The summed E-state index contributed by atoms with van der Waals surface area (Å²) in [6, 6.07) is 10.7. The number of carbonyl (C=O) groups excluding carboxylic acids is 2. The number of carbonyl (C=O) groups is 2. The summed E-state index contributed by atoms with van der Waals surface area (Å²) in [5, 5.41) is 6.18. The quantitative estimate of drug-likeness (QED) is 0.347. The Morgan fingerprint density at radius 2 is 1.72 bits per heavy atom. The Balaban J connectivity index is 1.33. The fourth-order valence-corrected chi connectivity index (χ4v) is 5.21. The molecular weight excluding hydrogens is 451 g/mol. The fourth-order valence-electron chi connectivity index (χ4n) is 4.82. The highest BCUT2D eigenvalue weighted by molar-refractivity contribution is 6.32. The molecule has 1 aliphatic heterocycles. The number of hydrogen-bond donors (Lipinski definition) is 0. The molecule has 3 aliphatic rings. The SMILES string of the molecule is COc1cc(/C=N\N2C(=O)[C@@H]3[C@@H](C2=O)[C@H]2C=C[C@H]3C2)cc(Cl)c1OCc1ccc(Cl)cc1. The number of allylic oxidation sites excluding steroid dienone is 2.